The van der Waals surface area contributed by atoms with Crippen LogP contribution in [0.1, 0.15) is 30.5 Å². The van der Waals surface area contributed by atoms with E-state index in [0.717, 1.165) is 51.4 Å². The van der Waals surface area contributed by atoms with Crippen LogP contribution in [0, 0.1) is 6.92 Å². The number of aromatic nitrogens is 1. The molecule has 2 aliphatic heterocycles. The van der Waals surface area contributed by atoms with Crippen molar-refractivity contribution in [3.05, 3.63) is 16.1 Å². The van der Waals surface area contributed by atoms with Crippen molar-refractivity contribution in [1.82, 2.24) is 9.88 Å². The monoisotopic (exact) mass is 510 g/mol. The third-order valence-electron chi connectivity index (χ3n) is 4.38. The molecule has 8 nitrogen and oxygen atoms in total. The van der Waals surface area contributed by atoms with Crippen molar-refractivity contribution in [1.29, 1.82) is 0 Å². The van der Waals surface area contributed by atoms with Crippen LogP contribution in [-0.4, -0.2) is 82.4 Å². The molecule has 33 heavy (non-hydrogen) atoms. The Balaban J connectivity index is 0.000000324. The number of aryl methyl sites for hydroxylation is 1. The number of aliphatic carboxylic acids is 2. The Hall–Kier alpha value is -1.97. The molecule has 1 unspecified atom stereocenters. The SMILES string of the molecule is CCOC1CCOC2(C1)CN(Cc1nc(C)cs1)C2.O=C(O)C(F)(F)F.O=C(O)C(F)(F)F. The zero-order chi connectivity index (χ0) is 25.4. The van der Waals surface area contributed by atoms with Gasteiger partial charge in [0.15, 0.2) is 0 Å². The van der Waals surface area contributed by atoms with E-state index >= 15 is 0 Å². The van der Waals surface area contributed by atoms with Crippen LogP contribution in [0.5, 0.6) is 0 Å². The van der Waals surface area contributed by atoms with Gasteiger partial charge in [0, 0.05) is 43.8 Å². The minimum Gasteiger partial charge on any atom is -0.475 e. The number of ether oxygens (including phenoxy) is 2. The molecule has 0 bridgehead atoms. The number of alkyl halides is 6. The van der Waals surface area contributed by atoms with Gasteiger partial charge in [-0.05, 0) is 20.3 Å². The van der Waals surface area contributed by atoms with E-state index in [1.165, 1.54) is 5.01 Å². The summed E-state index contributed by atoms with van der Waals surface area (Å²) in [6.45, 7) is 8.78. The third-order valence-corrected chi connectivity index (χ3v) is 5.34. The van der Waals surface area contributed by atoms with Gasteiger partial charge in [-0.15, -0.1) is 11.3 Å². The van der Waals surface area contributed by atoms with E-state index in [2.05, 4.69) is 29.1 Å². The summed E-state index contributed by atoms with van der Waals surface area (Å²) in [5.41, 5.74) is 1.19. The maximum absolute atomic E-state index is 10.6. The lowest BCUT2D eigenvalue weighted by Crippen LogP contribution is -2.65. The Labute approximate surface area is 189 Å². The van der Waals surface area contributed by atoms with Gasteiger partial charge in [0.2, 0.25) is 0 Å². The Morgan fingerprint density at radius 1 is 1.21 bits per heavy atom. The molecule has 1 aromatic rings. The molecule has 1 spiro atoms. The van der Waals surface area contributed by atoms with Crippen molar-refractivity contribution in [2.45, 2.75) is 57.3 Å². The standard InChI is InChI=1S/C14H22N2O2S.2C2HF3O2/c1-3-17-12-4-5-18-14(6-12)9-16(10-14)7-13-15-11(2)8-19-13;2*3-2(4,5)1(6)7/h8,12H,3-7,9-10H2,1-2H3;2*(H,6,7). The van der Waals surface area contributed by atoms with Crippen molar-refractivity contribution < 1.29 is 55.6 Å². The predicted octanol–water partition coefficient (Wildman–Crippen LogP) is 3.49. The van der Waals surface area contributed by atoms with Gasteiger partial charge in [-0.1, -0.05) is 0 Å². The quantitative estimate of drug-likeness (QED) is 0.593. The second-order valence-corrected chi connectivity index (χ2v) is 8.18. The number of carbonyl (C=O) groups is 2. The lowest BCUT2D eigenvalue weighted by molar-refractivity contribution is -0.198. The van der Waals surface area contributed by atoms with E-state index < -0.39 is 24.3 Å². The van der Waals surface area contributed by atoms with Gasteiger partial charge in [-0.3, -0.25) is 4.90 Å². The smallest absolute Gasteiger partial charge is 0.475 e. The van der Waals surface area contributed by atoms with Crippen LogP contribution < -0.4 is 0 Å². The van der Waals surface area contributed by atoms with Crippen molar-refractivity contribution in [3.8, 4) is 0 Å². The van der Waals surface area contributed by atoms with Gasteiger partial charge in [0.25, 0.3) is 0 Å². The zero-order valence-electron chi connectivity index (χ0n) is 17.7. The molecule has 15 heteroatoms. The van der Waals surface area contributed by atoms with Gasteiger partial charge in [-0.25, -0.2) is 14.6 Å². The first-order valence-corrected chi connectivity index (χ1v) is 10.4. The van der Waals surface area contributed by atoms with E-state index in [1.54, 1.807) is 11.3 Å². The second kappa shape index (κ2) is 11.9. The summed E-state index contributed by atoms with van der Waals surface area (Å²) in [5, 5.41) is 17.6. The van der Waals surface area contributed by atoms with Crippen molar-refractivity contribution in [2.24, 2.45) is 0 Å². The highest BCUT2D eigenvalue weighted by Gasteiger charge is 2.47. The van der Waals surface area contributed by atoms with Crippen LogP contribution in [0.25, 0.3) is 0 Å². The minimum atomic E-state index is -5.08. The first kappa shape index (κ1) is 29.1. The third kappa shape index (κ3) is 10.2. The molecule has 2 fully saturated rings. The van der Waals surface area contributed by atoms with E-state index in [4.69, 9.17) is 29.3 Å². The number of hydrogen-bond acceptors (Lipinski definition) is 7. The van der Waals surface area contributed by atoms with Crippen LogP contribution in [0.3, 0.4) is 0 Å². The molecular weight excluding hydrogens is 486 g/mol. The average Bonchev–Trinajstić information content (AvgIpc) is 3.05. The maximum Gasteiger partial charge on any atom is 0.490 e. The Morgan fingerprint density at radius 3 is 2.12 bits per heavy atom. The van der Waals surface area contributed by atoms with Gasteiger partial charge in [0.1, 0.15) is 5.01 Å². The van der Waals surface area contributed by atoms with Crippen LogP contribution in [0.2, 0.25) is 0 Å². The average molecular weight is 510 g/mol. The number of halogens is 6. The van der Waals surface area contributed by atoms with Crippen molar-refractivity contribution >= 4 is 23.3 Å². The fourth-order valence-corrected chi connectivity index (χ4v) is 3.94. The summed E-state index contributed by atoms with van der Waals surface area (Å²) in [5.74, 6) is -5.51. The van der Waals surface area contributed by atoms with Gasteiger partial charge in [-0.2, -0.15) is 26.3 Å². The molecule has 0 radical (unpaired) electrons. The number of thiazole rings is 1. The van der Waals surface area contributed by atoms with Crippen LogP contribution in [0.4, 0.5) is 26.3 Å². The van der Waals surface area contributed by atoms with Crippen molar-refractivity contribution in [2.75, 3.05) is 26.3 Å². The normalized spacial score (nSPS) is 20.1. The molecule has 0 amide bonds. The largest absolute Gasteiger partial charge is 0.490 e. The Morgan fingerprint density at radius 2 is 1.73 bits per heavy atom. The number of carboxylic acid groups (broad SMARTS) is 2. The van der Waals surface area contributed by atoms with E-state index in [0.29, 0.717) is 6.10 Å². The van der Waals surface area contributed by atoms with Gasteiger partial charge in [0.05, 0.1) is 18.2 Å². The number of hydrogen-bond donors (Lipinski definition) is 2. The fourth-order valence-electron chi connectivity index (χ4n) is 3.13. The van der Waals surface area contributed by atoms with Crippen LogP contribution in [-0.2, 0) is 25.6 Å². The van der Waals surface area contributed by atoms with Gasteiger partial charge >= 0.3 is 24.3 Å². The summed E-state index contributed by atoms with van der Waals surface area (Å²) in [4.78, 5) is 24.7. The molecule has 2 saturated heterocycles. The van der Waals surface area contributed by atoms with Crippen molar-refractivity contribution in [3.63, 3.8) is 0 Å². The lowest BCUT2D eigenvalue weighted by atomic mass is 9.85. The van der Waals surface area contributed by atoms with Crippen LogP contribution in [0.15, 0.2) is 5.38 Å². The first-order valence-electron chi connectivity index (χ1n) is 9.57. The molecule has 190 valence electrons. The number of nitrogens with zero attached hydrogens (tertiary/aromatic N) is 2. The summed E-state index contributed by atoms with van der Waals surface area (Å²) in [6.07, 6.45) is -7.68. The highest BCUT2D eigenvalue weighted by Crippen LogP contribution is 2.36. The first-order chi connectivity index (χ1) is 15.1. The molecule has 1 aromatic heterocycles. The summed E-state index contributed by atoms with van der Waals surface area (Å²) < 4.78 is 75.2. The Kier molecular flexibility index (Phi) is 10.5. The molecule has 1 atom stereocenters. The molecule has 0 aromatic carbocycles. The number of likely N-dealkylation sites (tertiary alicyclic amines) is 1. The topological polar surface area (TPSA) is 109 Å². The highest BCUT2D eigenvalue weighted by atomic mass is 32.1. The predicted molar refractivity (Wildman–Crippen MR) is 103 cm³/mol. The van der Waals surface area contributed by atoms with Crippen LogP contribution >= 0.6 is 11.3 Å². The van der Waals surface area contributed by atoms with E-state index in [9.17, 15) is 26.3 Å². The number of carboxylic acids is 2. The fraction of sp³-hybridized carbons (Fsp3) is 0.722. The minimum absolute atomic E-state index is 0.0599. The zero-order valence-corrected chi connectivity index (χ0v) is 18.5. The van der Waals surface area contributed by atoms with Gasteiger partial charge < -0.3 is 19.7 Å². The summed E-state index contributed by atoms with van der Waals surface area (Å²) >= 11 is 1.75. The summed E-state index contributed by atoms with van der Waals surface area (Å²) in [7, 11) is 0. The highest BCUT2D eigenvalue weighted by molar-refractivity contribution is 7.09. The number of rotatable bonds is 4. The molecule has 0 saturated carbocycles. The molecular formula is C18H24F6N2O6S. The Bertz CT molecular complexity index is 753. The molecule has 3 rings (SSSR count). The van der Waals surface area contributed by atoms with E-state index in [1.807, 2.05) is 0 Å². The molecule has 2 aliphatic rings. The molecule has 0 aliphatic carbocycles. The molecule has 2 N–H and O–H groups in total. The second-order valence-electron chi connectivity index (χ2n) is 7.24. The van der Waals surface area contributed by atoms with E-state index in [-0.39, 0.29) is 5.60 Å². The maximum atomic E-state index is 10.6. The summed E-state index contributed by atoms with van der Waals surface area (Å²) in [6, 6.07) is 0. The lowest BCUT2D eigenvalue weighted by Gasteiger charge is -2.53. The molecule has 3 heterocycles.